The second-order valence-corrected chi connectivity index (χ2v) is 10.0. The van der Waals surface area contributed by atoms with Gasteiger partial charge in [-0.15, -0.1) is 11.3 Å². The Morgan fingerprint density at radius 1 is 0.500 bits per heavy atom. The van der Waals surface area contributed by atoms with Gasteiger partial charge in [-0.25, -0.2) is 0 Å². The van der Waals surface area contributed by atoms with Crippen LogP contribution in [0.3, 0.4) is 0 Å². The summed E-state index contributed by atoms with van der Waals surface area (Å²) in [5.74, 6) is 0. The summed E-state index contributed by atoms with van der Waals surface area (Å²) in [7, 11) is 0. The van der Waals surface area contributed by atoms with Crippen LogP contribution in [0, 0.1) is 0 Å². The van der Waals surface area contributed by atoms with Gasteiger partial charge in [0, 0.05) is 36.6 Å². The molecular formula is C32H19NS. The first kappa shape index (κ1) is 18.3. The van der Waals surface area contributed by atoms with Crippen molar-refractivity contribution in [1.82, 2.24) is 4.57 Å². The van der Waals surface area contributed by atoms with E-state index in [1.54, 1.807) is 0 Å². The molecule has 0 atom stereocenters. The third kappa shape index (κ3) is 2.38. The topological polar surface area (TPSA) is 4.93 Å². The fourth-order valence-corrected chi connectivity index (χ4v) is 6.87. The van der Waals surface area contributed by atoms with Gasteiger partial charge in [-0.3, -0.25) is 0 Å². The predicted molar refractivity (Wildman–Crippen MR) is 149 cm³/mol. The molecule has 158 valence electrons. The van der Waals surface area contributed by atoms with Crippen LogP contribution in [0.1, 0.15) is 0 Å². The summed E-state index contributed by atoms with van der Waals surface area (Å²) in [6, 6.07) is 42.2. The molecule has 8 aromatic rings. The molecule has 0 fully saturated rings. The molecule has 0 saturated carbocycles. The van der Waals surface area contributed by atoms with Gasteiger partial charge in [0.1, 0.15) is 0 Å². The SMILES string of the molecule is c1ccc2cc(-n3c4ccccc4c4ccc5sc6c7ccccc7ccc6c5c43)ccc2c1. The van der Waals surface area contributed by atoms with Crippen molar-refractivity contribution in [3.05, 3.63) is 115 Å². The second-order valence-electron chi connectivity index (χ2n) is 8.98. The fraction of sp³-hybridized carbons (Fsp3) is 0. The molecule has 0 aliphatic rings. The van der Waals surface area contributed by atoms with Gasteiger partial charge in [-0.1, -0.05) is 91.0 Å². The van der Waals surface area contributed by atoms with E-state index in [2.05, 4.69) is 120 Å². The highest BCUT2D eigenvalue weighted by molar-refractivity contribution is 7.26. The summed E-state index contributed by atoms with van der Waals surface area (Å²) in [5.41, 5.74) is 3.76. The van der Waals surface area contributed by atoms with Gasteiger partial charge in [-0.05, 0) is 45.8 Å². The van der Waals surface area contributed by atoms with E-state index in [1.807, 2.05) is 11.3 Å². The number of aromatic nitrogens is 1. The molecule has 0 spiro atoms. The van der Waals surface area contributed by atoms with Gasteiger partial charge in [0.05, 0.1) is 11.0 Å². The van der Waals surface area contributed by atoms with Crippen molar-refractivity contribution >= 4 is 74.9 Å². The molecule has 0 N–H and O–H groups in total. The van der Waals surface area contributed by atoms with E-state index in [9.17, 15) is 0 Å². The molecule has 0 amide bonds. The number of hydrogen-bond donors (Lipinski definition) is 0. The predicted octanol–water partition coefficient (Wildman–Crippen LogP) is 9.46. The average Bonchev–Trinajstić information content (AvgIpc) is 3.44. The molecule has 0 saturated heterocycles. The lowest BCUT2D eigenvalue weighted by Crippen LogP contribution is -1.94. The van der Waals surface area contributed by atoms with Crippen LogP contribution in [0.2, 0.25) is 0 Å². The Balaban J connectivity index is 1.61. The van der Waals surface area contributed by atoms with Crippen molar-refractivity contribution < 1.29 is 0 Å². The monoisotopic (exact) mass is 449 g/mol. The Bertz CT molecular complexity index is 2070. The smallest absolute Gasteiger partial charge is 0.0634 e. The van der Waals surface area contributed by atoms with E-state index >= 15 is 0 Å². The van der Waals surface area contributed by atoms with Crippen LogP contribution >= 0.6 is 11.3 Å². The molecule has 2 aromatic heterocycles. The lowest BCUT2D eigenvalue weighted by Gasteiger charge is -2.10. The zero-order chi connectivity index (χ0) is 22.2. The van der Waals surface area contributed by atoms with Gasteiger partial charge < -0.3 is 4.57 Å². The first-order chi connectivity index (χ1) is 16.9. The van der Waals surface area contributed by atoms with Crippen LogP contribution in [0.15, 0.2) is 115 Å². The molecule has 2 heterocycles. The molecule has 6 aromatic carbocycles. The van der Waals surface area contributed by atoms with E-state index in [1.165, 1.54) is 69.2 Å². The largest absolute Gasteiger partial charge is 0.309 e. The molecule has 0 aliphatic heterocycles. The molecule has 34 heavy (non-hydrogen) atoms. The standard InChI is InChI=1S/C32H19NS/c1-2-9-22-19-23(15-13-20(22)7-1)33-28-12-6-5-11-25(28)26-17-18-29-30(31(26)33)27-16-14-21-8-3-4-10-24(21)32(27)34-29/h1-19H. The van der Waals surface area contributed by atoms with Crippen molar-refractivity contribution in [3.63, 3.8) is 0 Å². The van der Waals surface area contributed by atoms with E-state index < -0.39 is 0 Å². The minimum absolute atomic E-state index is 1.21. The number of thiophene rings is 1. The molecule has 8 rings (SSSR count). The van der Waals surface area contributed by atoms with E-state index in [0.29, 0.717) is 0 Å². The number of fused-ring (bicyclic) bond motifs is 10. The van der Waals surface area contributed by atoms with E-state index in [-0.39, 0.29) is 0 Å². The van der Waals surface area contributed by atoms with E-state index in [4.69, 9.17) is 0 Å². The van der Waals surface area contributed by atoms with Gasteiger partial charge in [0.15, 0.2) is 0 Å². The Morgan fingerprint density at radius 2 is 1.21 bits per heavy atom. The summed E-state index contributed by atoms with van der Waals surface area (Å²) in [6.07, 6.45) is 0. The number of nitrogens with zero attached hydrogens (tertiary/aromatic N) is 1. The molecule has 1 nitrogen and oxygen atoms in total. The quantitative estimate of drug-likeness (QED) is 0.235. The van der Waals surface area contributed by atoms with Crippen LogP contribution < -0.4 is 0 Å². The zero-order valence-corrected chi connectivity index (χ0v) is 19.1. The molecule has 0 aliphatic carbocycles. The zero-order valence-electron chi connectivity index (χ0n) is 18.3. The van der Waals surface area contributed by atoms with Gasteiger partial charge in [0.2, 0.25) is 0 Å². The first-order valence-corrected chi connectivity index (χ1v) is 12.4. The van der Waals surface area contributed by atoms with Crippen LogP contribution in [-0.2, 0) is 0 Å². The van der Waals surface area contributed by atoms with Gasteiger partial charge >= 0.3 is 0 Å². The van der Waals surface area contributed by atoms with Crippen LogP contribution in [0.5, 0.6) is 0 Å². The van der Waals surface area contributed by atoms with Crippen molar-refractivity contribution in [2.75, 3.05) is 0 Å². The molecule has 2 heteroatoms. The van der Waals surface area contributed by atoms with Crippen LogP contribution in [0.25, 0.3) is 69.2 Å². The number of hydrogen-bond acceptors (Lipinski definition) is 1. The summed E-state index contributed by atoms with van der Waals surface area (Å²) >= 11 is 1.91. The highest BCUT2D eigenvalue weighted by Gasteiger charge is 2.18. The molecular weight excluding hydrogens is 430 g/mol. The maximum absolute atomic E-state index is 2.47. The Hall–Kier alpha value is -4.14. The number of rotatable bonds is 1. The first-order valence-electron chi connectivity index (χ1n) is 11.6. The fourth-order valence-electron chi connectivity index (χ4n) is 5.63. The van der Waals surface area contributed by atoms with Crippen LogP contribution in [-0.4, -0.2) is 4.57 Å². The molecule has 0 radical (unpaired) electrons. The number of para-hydroxylation sites is 1. The normalized spacial score (nSPS) is 12.1. The van der Waals surface area contributed by atoms with Crippen LogP contribution in [0.4, 0.5) is 0 Å². The Labute approximate surface area is 200 Å². The van der Waals surface area contributed by atoms with E-state index in [0.717, 1.165) is 0 Å². The van der Waals surface area contributed by atoms with Crippen molar-refractivity contribution in [1.29, 1.82) is 0 Å². The highest BCUT2D eigenvalue weighted by atomic mass is 32.1. The average molecular weight is 450 g/mol. The maximum Gasteiger partial charge on any atom is 0.0634 e. The Morgan fingerprint density at radius 3 is 2.12 bits per heavy atom. The third-order valence-corrected chi connectivity index (χ3v) is 8.35. The lowest BCUT2D eigenvalue weighted by atomic mass is 10.0. The lowest BCUT2D eigenvalue weighted by molar-refractivity contribution is 1.19. The minimum atomic E-state index is 1.21. The summed E-state index contributed by atoms with van der Waals surface area (Å²) in [5, 5.41) is 10.5. The number of benzene rings is 6. The highest BCUT2D eigenvalue weighted by Crippen LogP contribution is 2.45. The maximum atomic E-state index is 2.47. The third-order valence-electron chi connectivity index (χ3n) is 7.15. The van der Waals surface area contributed by atoms with Crippen molar-refractivity contribution in [3.8, 4) is 5.69 Å². The molecule has 0 bridgehead atoms. The van der Waals surface area contributed by atoms with Crippen molar-refractivity contribution in [2.24, 2.45) is 0 Å². The Kier molecular flexibility index (Phi) is 3.60. The second kappa shape index (κ2) is 6.69. The summed E-state index contributed by atoms with van der Waals surface area (Å²) in [4.78, 5) is 0. The van der Waals surface area contributed by atoms with Crippen molar-refractivity contribution in [2.45, 2.75) is 0 Å². The minimum Gasteiger partial charge on any atom is -0.309 e. The van der Waals surface area contributed by atoms with Gasteiger partial charge in [0.25, 0.3) is 0 Å². The molecule has 0 unspecified atom stereocenters. The van der Waals surface area contributed by atoms with Gasteiger partial charge in [-0.2, -0.15) is 0 Å². The summed E-state index contributed by atoms with van der Waals surface area (Å²) in [6.45, 7) is 0. The summed E-state index contributed by atoms with van der Waals surface area (Å²) < 4.78 is 5.18.